The maximum atomic E-state index is 12.9. The molecule has 0 spiro atoms. The molecule has 1 amide bonds. The van der Waals surface area contributed by atoms with Crippen molar-refractivity contribution >= 4 is 17.5 Å². The Kier molecular flexibility index (Phi) is 6.89. The van der Waals surface area contributed by atoms with E-state index < -0.39 is 17.9 Å². The standard InChI is InChI=1S/C29H24N4O4/c34-28(26-18-33-17-23(10-13-27(33)31-26)22-7-4-14-30-16-22)32-25(29(35)36)15-20-8-11-24(12-9-20)37-19-21-5-2-1-3-6-21/h1-14,16-18,25H,15,19H2,(H,32,34)(H,35,36). The molecule has 0 bridgehead atoms. The molecule has 0 saturated carbocycles. The van der Waals surface area contributed by atoms with Gasteiger partial charge in [-0.3, -0.25) is 9.78 Å². The number of nitrogens with zero attached hydrogens (tertiary/aromatic N) is 3. The number of carbonyl (C=O) groups is 2. The quantitative estimate of drug-likeness (QED) is 0.316. The third kappa shape index (κ3) is 5.82. The number of aromatic nitrogens is 3. The summed E-state index contributed by atoms with van der Waals surface area (Å²) in [5, 5.41) is 12.3. The van der Waals surface area contributed by atoms with Gasteiger partial charge in [0.1, 0.15) is 29.7 Å². The van der Waals surface area contributed by atoms with E-state index >= 15 is 0 Å². The molecule has 3 heterocycles. The van der Waals surface area contributed by atoms with E-state index in [1.54, 1.807) is 53.3 Å². The molecule has 0 saturated heterocycles. The monoisotopic (exact) mass is 492 g/mol. The Bertz CT molecular complexity index is 1520. The van der Waals surface area contributed by atoms with Crippen LogP contribution in [0.2, 0.25) is 0 Å². The fourth-order valence-electron chi connectivity index (χ4n) is 3.94. The fraction of sp³-hybridized carbons (Fsp3) is 0.103. The van der Waals surface area contributed by atoms with Gasteiger partial charge >= 0.3 is 5.97 Å². The van der Waals surface area contributed by atoms with Gasteiger partial charge in [0.25, 0.3) is 5.91 Å². The van der Waals surface area contributed by atoms with Crippen LogP contribution in [0.5, 0.6) is 5.75 Å². The van der Waals surface area contributed by atoms with Crippen molar-refractivity contribution in [3.05, 3.63) is 120 Å². The zero-order chi connectivity index (χ0) is 25.6. The summed E-state index contributed by atoms with van der Waals surface area (Å²) in [4.78, 5) is 33.3. The van der Waals surface area contributed by atoms with Crippen LogP contribution in [0.3, 0.4) is 0 Å². The number of fused-ring (bicyclic) bond motifs is 1. The lowest BCUT2D eigenvalue weighted by molar-refractivity contribution is -0.139. The number of imidazole rings is 1. The summed E-state index contributed by atoms with van der Waals surface area (Å²) >= 11 is 0. The van der Waals surface area contributed by atoms with E-state index in [0.717, 1.165) is 22.3 Å². The summed E-state index contributed by atoms with van der Waals surface area (Å²) in [6.45, 7) is 0.441. The number of amides is 1. The number of pyridine rings is 2. The van der Waals surface area contributed by atoms with Crippen molar-refractivity contribution in [1.82, 2.24) is 19.7 Å². The van der Waals surface area contributed by atoms with Crippen LogP contribution >= 0.6 is 0 Å². The predicted octanol–water partition coefficient (Wildman–Crippen LogP) is 4.40. The number of rotatable bonds is 9. The smallest absolute Gasteiger partial charge is 0.326 e. The molecule has 0 radical (unpaired) electrons. The molecule has 0 aliphatic heterocycles. The molecule has 5 rings (SSSR count). The minimum Gasteiger partial charge on any atom is -0.489 e. The number of carboxylic acid groups (broad SMARTS) is 1. The van der Waals surface area contributed by atoms with Crippen LogP contribution in [-0.2, 0) is 17.8 Å². The Morgan fingerprint density at radius 3 is 2.43 bits per heavy atom. The molecule has 2 aromatic carbocycles. The summed E-state index contributed by atoms with van der Waals surface area (Å²) in [6, 6.07) is 23.4. The molecule has 8 nitrogen and oxygen atoms in total. The second-order valence-electron chi connectivity index (χ2n) is 8.54. The van der Waals surface area contributed by atoms with Gasteiger partial charge in [0.15, 0.2) is 0 Å². The zero-order valence-electron chi connectivity index (χ0n) is 19.8. The second kappa shape index (κ2) is 10.7. The molecular formula is C29H24N4O4. The average Bonchev–Trinajstić information content (AvgIpc) is 3.37. The Hall–Kier alpha value is -4.98. The van der Waals surface area contributed by atoms with Crippen LogP contribution in [-0.4, -0.2) is 37.4 Å². The number of benzene rings is 2. The third-order valence-corrected chi connectivity index (χ3v) is 5.89. The molecule has 0 aliphatic rings. The highest BCUT2D eigenvalue weighted by atomic mass is 16.5. The molecular weight excluding hydrogens is 468 g/mol. The Labute approximate surface area is 213 Å². The minimum absolute atomic E-state index is 0.124. The maximum absolute atomic E-state index is 12.9. The van der Waals surface area contributed by atoms with E-state index in [1.165, 1.54) is 0 Å². The summed E-state index contributed by atoms with van der Waals surface area (Å²) in [5.41, 5.74) is 4.39. The lowest BCUT2D eigenvalue weighted by atomic mass is 10.1. The van der Waals surface area contributed by atoms with Crippen LogP contribution in [0.4, 0.5) is 0 Å². The van der Waals surface area contributed by atoms with Crippen LogP contribution in [0.15, 0.2) is 104 Å². The summed E-state index contributed by atoms with van der Waals surface area (Å²) < 4.78 is 7.52. The van der Waals surface area contributed by atoms with Crippen LogP contribution < -0.4 is 10.1 Å². The Morgan fingerprint density at radius 2 is 1.70 bits per heavy atom. The van der Waals surface area contributed by atoms with E-state index in [2.05, 4.69) is 15.3 Å². The Balaban J connectivity index is 1.24. The van der Waals surface area contributed by atoms with Gasteiger partial charge in [-0.2, -0.15) is 0 Å². The number of hydrogen-bond acceptors (Lipinski definition) is 5. The highest BCUT2D eigenvalue weighted by Gasteiger charge is 2.22. The molecule has 3 aromatic heterocycles. The van der Waals surface area contributed by atoms with Crippen LogP contribution in [0.1, 0.15) is 21.6 Å². The van der Waals surface area contributed by atoms with Crippen molar-refractivity contribution in [3.8, 4) is 16.9 Å². The van der Waals surface area contributed by atoms with E-state index in [0.29, 0.717) is 18.0 Å². The normalized spacial score (nSPS) is 11.7. The SMILES string of the molecule is O=C(NC(Cc1ccc(OCc2ccccc2)cc1)C(=O)O)c1cn2cc(-c3cccnc3)ccc2n1. The Morgan fingerprint density at radius 1 is 0.892 bits per heavy atom. The van der Waals surface area contributed by atoms with Crippen LogP contribution in [0, 0.1) is 0 Å². The minimum atomic E-state index is -1.12. The van der Waals surface area contributed by atoms with Gasteiger partial charge in [-0.05, 0) is 47.0 Å². The summed E-state index contributed by atoms with van der Waals surface area (Å²) in [6.07, 6.45) is 7.02. The highest BCUT2D eigenvalue weighted by Crippen LogP contribution is 2.19. The first-order valence-corrected chi connectivity index (χ1v) is 11.7. The molecule has 5 aromatic rings. The zero-order valence-corrected chi connectivity index (χ0v) is 19.8. The number of nitrogens with one attached hydrogen (secondary N) is 1. The van der Waals surface area contributed by atoms with E-state index in [4.69, 9.17) is 4.74 Å². The topological polar surface area (TPSA) is 106 Å². The molecule has 8 heteroatoms. The largest absolute Gasteiger partial charge is 0.489 e. The van der Waals surface area contributed by atoms with Crippen molar-refractivity contribution in [2.75, 3.05) is 0 Å². The lowest BCUT2D eigenvalue weighted by Crippen LogP contribution is -2.42. The van der Waals surface area contributed by atoms with Gasteiger partial charge in [-0.15, -0.1) is 0 Å². The second-order valence-corrected chi connectivity index (χ2v) is 8.54. The maximum Gasteiger partial charge on any atom is 0.326 e. The van der Waals surface area contributed by atoms with Crippen molar-refractivity contribution in [3.63, 3.8) is 0 Å². The van der Waals surface area contributed by atoms with Gasteiger partial charge in [0.2, 0.25) is 0 Å². The van der Waals surface area contributed by atoms with Crippen molar-refractivity contribution in [1.29, 1.82) is 0 Å². The highest BCUT2D eigenvalue weighted by molar-refractivity contribution is 5.95. The molecule has 0 fully saturated rings. The fourth-order valence-corrected chi connectivity index (χ4v) is 3.94. The number of hydrogen-bond donors (Lipinski definition) is 2. The van der Waals surface area contributed by atoms with Gasteiger partial charge < -0.3 is 19.6 Å². The first-order chi connectivity index (χ1) is 18.0. The van der Waals surface area contributed by atoms with E-state index in [-0.39, 0.29) is 12.1 Å². The number of carbonyl (C=O) groups excluding carboxylic acids is 1. The molecule has 1 atom stereocenters. The molecule has 184 valence electrons. The lowest BCUT2D eigenvalue weighted by Gasteiger charge is -2.14. The van der Waals surface area contributed by atoms with Gasteiger partial charge in [-0.25, -0.2) is 9.78 Å². The van der Waals surface area contributed by atoms with Gasteiger partial charge in [0.05, 0.1) is 0 Å². The summed E-state index contributed by atoms with van der Waals surface area (Å²) in [7, 11) is 0. The molecule has 2 N–H and O–H groups in total. The van der Waals surface area contributed by atoms with Crippen LogP contribution in [0.25, 0.3) is 16.8 Å². The molecule has 1 unspecified atom stereocenters. The first-order valence-electron chi connectivity index (χ1n) is 11.7. The van der Waals surface area contributed by atoms with Gasteiger partial charge in [-0.1, -0.05) is 48.5 Å². The van der Waals surface area contributed by atoms with Crippen molar-refractivity contribution < 1.29 is 19.4 Å². The average molecular weight is 493 g/mol. The van der Waals surface area contributed by atoms with E-state index in [1.807, 2.05) is 54.7 Å². The number of aliphatic carboxylic acids is 1. The third-order valence-electron chi connectivity index (χ3n) is 5.89. The van der Waals surface area contributed by atoms with E-state index in [9.17, 15) is 14.7 Å². The summed E-state index contributed by atoms with van der Waals surface area (Å²) in [5.74, 6) is -0.999. The molecule has 0 aliphatic carbocycles. The number of ether oxygens (including phenoxy) is 1. The van der Waals surface area contributed by atoms with Crippen molar-refractivity contribution in [2.24, 2.45) is 0 Å². The number of carboxylic acids is 1. The first kappa shape index (κ1) is 23.7. The van der Waals surface area contributed by atoms with Crippen molar-refractivity contribution in [2.45, 2.75) is 19.1 Å². The predicted molar refractivity (Wildman–Crippen MR) is 138 cm³/mol. The van der Waals surface area contributed by atoms with Gasteiger partial charge in [0, 0.05) is 36.8 Å². The molecule has 37 heavy (non-hydrogen) atoms.